The minimum absolute atomic E-state index is 0.0737. The van der Waals surface area contributed by atoms with Crippen molar-refractivity contribution in [2.24, 2.45) is 0 Å². The number of likely N-dealkylation sites (N-methyl/N-ethyl adjacent to an activating group) is 1. The normalized spacial score (nSPS) is 18.1. The van der Waals surface area contributed by atoms with Crippen LogP contribution in [0.4, 0.5) is 5.69 Å². The molecular formula is C16H21NO3. The number of anilines is 1. The van der Waals surface area contributed by atoms with Crippen molar-refractivity contribution in [3.05, 3.63) is 35.9 Å². The quantitative estimate of drug-likeness (QED) is 0.792. The molecule has 0 amide bonds. The van der Waals surface area contributed by atoms with Crippen molar-refractivity contribution in [3.63, 3.8) is 0 Å². The molecule has 4 nitrogen and oxygen atoms in total. The molecule has 4 heteroatoms. The second kappa shape index (κ2) is 6.46. The Morgan fingerprint density at radius 2 is 1.95 bits per heavy atom. The zero-order chi connectivity index (χ0) is 14.5. The van der Waals surface area contributed by atoms with Crippen molar-refractivity contribution in [2.75, 3.05) is 26.2 Å². The van der Waals surface area contributed by atoms with Gasteiger partial charge in [-0.05, 0) is 43.5 Å². The molecule has 0 saturated carbocycles. The Kier molecular flexibility index (Phi) is 4.66. The monoisotopic (exact) mass is 275 g/mol. The highest BCUT2D eigenvalue weighted by Crippen LogP contribution is 2.28. The maximum atomic E-state index is 11.9. The largest absolute Gasteiger partial charge is 0.497 e. The minimum Gasteiger partial charge on any atom is -0.497 e. The molecule has 0 N–H and O–H groups in total. The minimum atomic E-state index is -0.227. The zero-order valence-corrected chi connectivity index (χ0v) is 12.3. The van der Waals surface area contributed by atoms with Crippen LogP contribution in [0.1, 0.15) is 19.3 Å². The van der Waals surface area contributed by atoms with Crippen LogP contribution in [0.5, 0.6) is 5.75 Å². The van der Waals surface area contributed by atoms with Crippen LogP contribution >= 0.6 is 0 Å². The fraction of sp³-hybridized carbons (Fsp3) is 0.438. The molecule has 20 heavy (non-hydrogen) atoms. The Bertz CT molecular complexity index is 493. The van der Waals surface area contributed by atoms with Gasteiger partial charge in [-0.1, -0.05) is 6.08 Å². The number of benzene rings is 1. The van der Waals surface area contributed by atoms with E-state index in [0.717, 1.165) is 36.3 Å². The second-order valence-corrected chi connectivity index (χ2v) is 4.91. The van der Waals surface area contributed by atoms with Crippen molar-refractivity contribution in [1.82, 2.24) is 0 Å². The van der Waals surface area contributed by atoms with Crippen LogP contribution in [0.3, 0.4) is 0 Å². The summed E-state index contributed by atoms with van der Waals surface area (Å²) >= 11 is 0. The van der Waals surface area contributed by atoms with Gasteiger partial charge in [-0.25, -0.2) is 4.79 Å². The van der Waals surface area contributed by atoms with Gasteiger partial charge < -0.3 is 14.4 Å². The fourth-order valence-corrected chi connectivity index (χ4v) is 2.60. The van der Waals surface area contributed by atoms with Gasteiger partial charge in [0, 0.05) is 12.7 Å². The third-order valence-corrected chi connectivity index (χ3v) is 3.77. The van der Waals surface area contributed by atoms with E-state index in [1.165, 1.54) is 7.11 Å². The van der Waals surface area contributed by atoms with E-state index < -0.39 is 0 Å². The number of carbonyl (C=O) groups is 1. The molecule has 2 rings (SSSR count). The average molecular weight is 275 g/mol. The van der Waals surface area contributed by atoms with Crippen LogP contribution < -0.4 is 9.64 Å². The predicted molar refractivity (Wildman–Crippen MR) is 79.1 cm³/mol. The van der Waals surface area contributed by atoms with E-state index in [1.54, 1.807) is 7.11 Å². The lowest BCUT2D eigenvalue weighted by molar-refractivity contribution is -0.136. The number of hydrogen-bond donors (Lipinski definition) is 0. The van der Waals surface area contributed by atoms with Crippen LogP contribution in [-0.2, 0) is 9.53 Å². The van der Waals surface area contributed by atoms with Gasteiger partial charge in [0.2, 0.25) is 0 Å². The SMILES string of the molecule is COC(=O)C1=CCCC[C@@H]1N(C)c1ccc(OC)cc1. The van der Waals surface area contributed by atoms with Gasteiger partial charge in [0.05, 0.1) is 25.8 Å². The second-order valence-electron chi connectivity index (χ2n) is 4.91. The topological polar surface area (TPSA) is 38.8 Å². The van der Waals surface area contributed by atoms with Gasteiger partial charge in [0.15, 0.2) is 0 Å². The van der Waals surface area contributed by atoms with Crippen LogP contribution in [0.15, 0.2) is 35.9 Å². The number of esters is 1. The Labute approximate surface area is 120 Å². The molecule has 1 aromatic carbocycles. The van der Waals surface area contributed by atoms with Crippen molar-refractivity contribution >= 4 is 11.7 Å². The van der Waals surface area contributed by atoms with E-state index in [1.807, 2.05) is 37.4 Å². The highest BCUT2D eigenvalue weighted by atomic mass is 16.5. The van der Waals surface area contributed by atoms with Crippen LogP contribution in [-0.4, -0.2) is 33.3 Å². The molecular weight excluding hydrogens is 254 g/mol. The van der Waals surface area contributed by atoms with Gasteiger partial charge in [0.1, 0.15) is 5.75 Å². The highest BCUT2D eigenvalue weighted by Gasteiger charge is 2.27. The molecule has 0 unspecified atom stereocenters. The average Bonchev–Trinajstić information content (AvgIpc) is 2.53. The predicted octanol–water partition coefficient (Wildman–Crippen LogP) is 2.78. The van der Waals surface area contributed by atoms with Crippen molar-refractivity contribution in [1.29, 1.82) is 0 Å². The van der Waals surface area contributed by atoms with E-state index in [-0.39, 0.29) is 12.0 Å². The molecule has 0 aromatic heterocycles. The number of carbonyl (C=O) groups excluding carboxylic acids is 1. The third kappa shape index (κ3) is 2.95. The number of rotatable bonds is 4. The summed E-state index contributed by atoms with van der Waals surface area (Å²) in [5.74, 6) is 0.601. The van der Waals surface area contributed by atoms with E-state index in [9.17, 15) is 4.79 Å². The van der Waals surface area contributed by atoms with E-state index >= 15 is 0 Å². The van der Waals surface area contributed by atoms with E-state index in [4.69, 9.17) is 9.47 Å². The lowest BCUT2D eigenvalue weighted by Gasteiger charge is -2.33. The molecule has 1 aliphatic carbocycles. The Morgan fingerprint density at radius 1 is 1.25 bits per heavy atom. The summed E-state index contributed by atoms with van der Waals surface area (Å²) in [6, 6.07) is 7.93. The van der Waals surface area contributed by atoms with Gasteiger partial charge >= 0.3 is 5.97 Å². The summed E-state index contributed by atoms with van der Waals surface area (Å²) in [6.07, 6.45) is 4.99. The zero-order valence-electron chi connectivity index (χ0n) is 12.3. The van der Waals surface area contributed by atoms with Crippen LogP contribution in [0, 0.1) is 0 Å². The summed E-state index contributed by atoms with van der Waals surface area (Å²) < 4.78 is 10.1. The lowest BCUT2D eigenvalue weighted by Crippen LogP contribution is -2.37. The summed E-state index contributed by atoms with van der Waals surface area (Å²) in [5.41, 5.74) is 1.82. The van der Waals surface area contributed by atoms with Crippen molar-refractivity contribution in [3.8, 4) is 5.75 Å². The molecule has 108 valence electrons. The standard InChI is InChI=1S/C16H21NO3/c1-17(12-8-10-13(19-2)11-9-12)15-7-5-4-6-14(15)16(18)20-3/h6,8-11,15H,4-5,7H2,1-3H3/t15-/m0/s1. The lowest BCUT2D eigenvalue weighted by atomic mass is 9.92. The number of nitrogens with zero attached hydrogens (tertiary/aromatic N) is 1. The number of hydrogen-bond acceptors (Lipinski definition) is 4. The summed E-state index contributed by atoms with van der Waals surface area (Å²) in [6.45, 7) is 0. The first-order valence-electron chi connectivity index (χ1n) is 6.82. The molecule has 0 saturated heterocycles. The Hall–Kier alpha value is -1.97. The smallest absolute Gasteiger partial charge is 0.335 e. The van der Waals surface area contributed by atoms with E-state index in [0.29, 0.717) is 0 Å². The first kappa shape index (κ1) is 14.4. The van der Waals surface area contributed by atoms with Gasteiger partial charge in [0.25, 0.3) is 0 Å². The highest BCUT2D eigenvalue weighted by molar-refractivity contribution is 5.90. The summed E-state index contributed by atoms with van der Waals surface area (Å²) in [4.78, 5) is 14.0. The summed E-state index contributed by atoms with van der Waals surface area (Å²) in [7, 11) is 5.09. The molecule has 1 aromatic rings. The molecule has 0 radical (unpaired) electrons. The number of allylic oxidation sites excluding steroid dienone is 1. The molecule has 0 fully saturated rings. The maximum absolute atomic E-state index is 11.9. The fourth-order valence-electron chi connectivity index (χ4n) is 2.60. The van der Waals surface area contributed by atoms with E-state index in [2.05, 4.69) is 4.90 Å². The van der Waals surface area contributed by atoms with Crippen LogP contribution in [0.2, 0.25) is 0 Å². The van der Waals surface area contributed by atoms with Gasteiger partial charge in [-0.2, -0.15) is 0 Å². The maximum Gasteiger partial charge on any atom is 0.335 e. The Balaban J connectivity index is 2.21. The van der Waals surface area contributed by atoms with Crippen LogP contribution in [0.25, 0.3) is 0 Å². The molecule has 1 atom stereocenters. The Morgan fingerprint density at radius 3 is 2.55 bits per heavy atom. The first-order chi connectivity index (χ1) is 9.67. The number of methoxy groups -OCH3 is 2. The van der Waals surface area contributed by atoms with Crippen molar-refractivity contribution < 1.29 is 14.3 Å². The molecule has 0 bridgehead atoms. The molecule has 0 aliphatic heterocycles. The molecule has 0 heterocycles. The molecule has 0 spiro atoms. The summed E-state index contributed by atoms with van der Waals surface area (Å²) in [5, 5.41) is 0. The number of ether oxygens (including phenoxy) is 2. The first-order valence-corrected chi connectivity index (χ1v) is 6.82. The van der Waals surface area contributed by atoms with Crippen molar-refractivity contribution in [2.45, 2.75) is 25.3 Å². The molecule has 1 aliphatic rings. The van der Waals surface area contributed by atoms with Gasteiger partial charge in [-0.3, -0.25) is 0 Å². The third-order valence-electron chi connectivity index (χ3n) is 3.77. The van der Waals surface area contributed by atoms with Gasteiger partial charge in [-0.15, -0.1) is 0 Å².